The van der Waals surface area contributed by atoms with Crippen LogP contribution in [0.4, 0.5) is 0 Å². The van der Waals surface area contributed by atoms with Gasteiger partial charge in [0, 0.05) is 5.56 Å². The fraction of sp³-hybridized carbons (Fsp3) is 0.273. The zero-order valence-corrected chi connectivity index (χ0v) is 8.98. The summed E-state index contributed by atoms with van der Waals surface area (Å²) in [4.78, 5) is 15.0. The lowest BCUT2D eigenvalue weighted by molar-refractivity contribution is 0.0661. The molecule has 2 rings (SSSR count). The number of hydrogen-bond acceptors (Lipinski definition) is 4. The monoisotopic (exact) mass is 221 g/mol. The van der Waals surface area contributed by atoms with Crippen LogP contribution in [0.2, 0.25) is 0 Å². The molecule has 0 radical (unpaired) electrons. The van der Waals surface area contributed by atoms with Gasteiger partial charge in [0.25, 0.3) is 5.89 Å². The van der Waals surface area contributed by atoms with Gasteiger partial charge in [0.1, 0.15) is 0 Å². The van der Waals surface area contributed by atoms with Gasteiger partial charge in [-0.2, -0.15) is 0 Å². The van der Waals surface area contributed by atoms with E-state index >= 15 is 0 Å². The fourth-order valence-electron chi connectivity index (χ4n) is 1.45. The maximum Gasteiger partial charge on any atom is 0.373 e. The minimum absolute atomic E-state index is 0.117. The van der Waals surface area contributed by atoms with Gasteiger partial charge in [0.15, 0.2) is 5.76 Å². The first-order valence-electron chi connectivity index (χ1n) is 4.91. The third-order valence-electron chi connectivity index (χ3n) is 2.28. The lowest BCUT2D eigenvalue weighted by Crippen LogP contribution is -1.98. The number of rotatable bonds is 3. The van der Waals surface area contributed by atoms with Crippen molar-refractivity contribution in [2.24, 2.45) is 0 Å². The van der Waals surface area contributed by atoms with Crippen LogP contribution in [-0.4, -0.2) is 16.1 Å². The highest BCUT2D eigenvalue weighted by molar-refractivity contribution is 5.86. The molecule has 16 heavy (non-hydrogen) atoms. The summed E-state index contributed by atoms with van der Waals surface area (Å²) in [6.07, 6.45) is 2.02. The molecule has 0 aliphatic heterocycles. The SMILES string of the molecule is CCc1nc(-c2occc2C)oc1C(=O)O. The van der Waals surface area contributed by atoms with Gasteiger partial charge < -0.3 is 13.9 Å². The molecule has 0 saturated heterocycles. The van der Waals surface area contributed by atoms with Crippen LogP contribution in [0.1, 0.15) is 28.7 Å². The van der Waals surface area contributed by atoms with Crippen LogP contribution in [0.5, 0.6) is 0 Å². The number of nitrogens with zero attached hydrogens (tertiary/aromatic N) is 1. The van der Waals surface area contributed by atoms with Crippen LogP contribution in [0.3, 0.4) is 0 Å². The van der Waals surface area contributed by atoms with E-state index in [-0.39, 0.29) is 11.7 Å². The van der Waals surface area contributed by atoms with Crippen molar-refractivity contribution >= 4 is 5.97 Å². The zero-order chi connectivity index (χ0) is 11.7. The van der Waals surface area contributed by atoms with Crippen LogP contribution in [0.15, 0.2) is 21.2 Å². The second-order valence-corrected chi connectivity index (χ2v) is 3.39. The number of aromatic carboxylic acids is 1. The summed E-state index contributed by atoms with van der Waals surface area (Å²) >= 11 is 0. The molecular weight excluding hydrogens is 210 g/mol. The standard InChI is InChI=1S/C11H11NO4/c1-3-7-9(11(13)14)16-10(12-7)8-6(2)4-5-15-8/h4-5H,3H2,1-2H3,(H,13,14). The average molecular weight is 221 g/mol. The molecule has 0 bridgehead atoms. The molecule has 0 fully saturated rings. The van der Waals surface area contributed by atoms with E-state index in [9.17, 15) is 4.79 Å². The second-order valence-electron chi connectivity index (χ2n) is 3.39. The Kier molecular flexibility index (Phi) is 2.52. The predicted octanol–water partition coefficient (Wildman–Crippen LogP) is 2.50. The van der Waals surface area contributed by atoms with E-state index in [2.05, 4.69) is 4.98 Å². The van der Waals surface area contributed by atoms with Crippen LogP contribution >= 0.6 is 0 Å². The summed E-state index contributed by atoms with van der Waals surface area (Å²) in [7, 11) is 0. The first-order valence-corrected chi connectivity index (χ1v) is 4.91. The van der Waals surface area contributed by atoms with Gasteiger partial charge >= 0.3 is 5.97 Å². The molecule has 2 heterocycles. The third kappa shape index (κ3) is 1.60. The summed E-state index contributed by atoms with van der Waals surface area (Å²) < 4.78 is 10.4. The number of aryl methyl sites for hydroxylation is 2. The number of oxazole rings is 1. The Morgan fingerprint density at radius 3 is 2.75 bits per heavy atom. The maximum atomic E-state index is 10.9. The largest absolute Gasteiger partial charge is 0.475 e. The Labute approximate surface area is 91.7 Å². The van der Waals surface area contributed by atoms with Crippen molar-refractivity contribution in [3.05, 3.63) is 29.3 Å². The Hall–Kier alpha value is -2.04. The summed E-state index contributed by atoms with van der Waals surface area (Å²) in [5, 5.41) is 8.91. The van der Waals surface area contributed by atoms with Crippen molar-refractivity contribution in [1.29, 1.82) is 0 Å². The van der Waals surface area contributed by atoms with Crippen LogP contribution in [0.25, 0.3) is 11.7 Å². The number of aromatic nitrogens is 1. The highest BCUT2D eigenvalue weighted by Crippen LogP contribution is 2.26. The number of carboxylic acids is 1. The average Bonchev–Trinajstić information content (AvgIpc) is 2.82. The molecule has 0 aromatic carbocycles. The van der Waals surface area contributed by atoms with E-state index in [0.717, 1.165) is 5.56 Å². The summed E-state index contributed by atoms with van der Waals surface area (Å²) in [5.74, 6) is -0.535. The number of furan rings is 1. The van der Waals surface area contributed by atoms with Crippen LogP contribution in [-0.2, 0) is 6.42 Å². The van der Waals surface area contributed by atoms with E-state index < -0.39 is 5.97 Å². The van der Waals surface area contributed by atoms with Crippen molar-refractivity contribution in [3.8, 4) is 11.7 Å². The molecule has 0 amide bonds. The molecule has 0 atom stereocenters. The van der Waals surface area contributed by atoms with Crippen molar-refractivity contribution in [2.45, 2.75) is 20.3 Å². The van der Waals surface area contributed by atoms with Gasteiger partial charge in [-0.3, -0.25) is 0 Å². The molecular formula is C11H11NO4. The first-order chi connectivity index (χ1) is 7.63. The Morgan fingerprint density at radius 2 is 2.31 bits per heavy atom. The molecule has 84 valence electrons. The molecule has 5 nitrogen and oxygen atoms in total. The van der Waals surface area contributed by atoms with E-state index in [0.29, 0.717) is 17.9 Å². The normalized spacial score (nSPS) is 10.6. The van der Waals surface area contributed by atoms with Crippen molar-refractivity contribution in [3.63, 3.8) is 0 Å². The molecule has 2 aromatic heterocycles. The van der Waals surface area contributed by atoms with Gasteiger partial charge in [-0.25, -0.2) is 9.78 Å². The number of carbonyl (C=O) groups is 1. The van der Waals surface area contributed by atoms with E-state index in [1.807, 2.05) is 13.8 Å². The summed E-state index contributed by atoms with van der Waals surface area (Å²) in [6.45, 7) is 3.66. The summed E-state index contributed by atoms with van der Waals surface area (Å²) in [6, 6.07) is 1.77. The van der Waals surface area contributed by atoms with E-state index in [4.69, 9.17) is 13.9 Å². The van der Waals surface area contributed by atoms with Crippen molar-refractivity contribution in [1.82, 2.24) is 4.98 Å². The molecule has 2 aromatic rings. The van der Waals surface area contributed by atoms with Gasteiger partial charge in [-0.05, 0) is 19.4 Å². The summed E-state index contributed by atoms with van der Waals surface area (Å²) in [5.41, 5.74) is 1.29. The molecule has 5 heteroatoms. The van der Waals surface area contributed by atoms with Gasteiger partial charge in [0.2, 0.25) is 5.76 Å². The minimum atomic E-state index is -1.11. The molecule has 0 aliphatic rings. The molecule has 1 N–H and O–H groups in total. The first kappa shape index (κ1) is 10.5. The Balaban J connectivity index is 2.52. The van der Waals surface area contributed by atoms with Crippen molar-refractivity contribution in [2.75, 3.05) is 0 Å². The van der Waals surface area contributed by atoms with Crippen LogP contribution in [0, 0.1) is 6.92 Å². The van der Waals surface area contributed by atoms with Crippen LogP contribution < -0.4 is 0 Å². The highest BCUT2D eigenvalue weighted by atomic mass is 16.4. The van der Waals surface area contributed by atoms with Gasteiger partial charge in [0.05, 0.1) is 12.0 Å². The zero-order valence-electron chi connectivity index (χ0n) is 8.98. The second kappa shape index (κ2) is 3.84. The fourth-order valence-corrected chi connectivity index (χ4v) is 1.45. The topological polar surface area (TPSA) is 76.5 Å². The Bertz CT molecular complexity index is 524. The van der Waals surface area contributed by atoms with E-state index in [1.54, 1.807) is 6.07 Å². The predicted molar refractivity (Wildman–Crippen MR) is 55.3 cm³/mol. The minimum Gasteiger partial charge on any atom is -0.475 e. The van der Waals surface area contributed by atoms with Gasteiger partial charge in [-0.1, -0.05) is 6.92 Å². The third-order valence-corrected chi connectivity index (χ3v) is 2.28. The quantitative estimate of drug-likeness (QED) is 0.861. The Morgan fingerprint density at radius 1 is 1.56 bits per heavy atom. The molecule has 0 aliphatic carbocycles. The van der Waals surface area contributed by atoms with Gasteiger partial charge in [-0.15, -0.1) is 0 Å². The van der Waals surface area contributed by atoms with Crippen molar-refractivity contribution < 1.29 is 18.7 Å². The highest BCUT2D eigenvalue weighted by Gasteiger charge is 2.21. The number of hydrogen-bond donors (Lipinski definition) is 1. The molecule has 0 unspecified atom stereocenters. The number of carboxylic acid groups (broad SMARTS) is 1. The maximum absolute atomic E-state index is 10.9. The molecule has 0 saturated carbocycles. The lowest BCUT2D eigenvalue weighted by Gasteiger charge is -1.90. The lowest BCUT2D eigenvalue weighted by atomic mass is 10.3. The van der Waals surface area contributed by atoms with E-state index in [1.165, 1.54) is 6.26 Å². The molecule has 0 spiro atoms. The smallest absolute Gasteiger partial charge is 0.373 e.